The molecule has 1 aliphatic carbocycles. The van der Waals surface area contributed by atoms with Crippen LogP contribution in [0.4, 0.5) is 0 Å². The molecular formula is C21H16. The quantitative estimate of drug-likeness (QED) is 0.292. The van der Waals surface area contributed by atoms with Gasteiger partial charge in [-0.1, -0.05) is 54.6 Å². The predicted octanol–water partition coefficient (Wildman–Crippen LogP) is 6.02. The van der Waals surface area contributed by atoms with Crippen molar-refractivity contribution in [2.24, 2.45) is 0 Å². The van der Waals surface area contributed by atoms with E-state index in [2.05, 4.69) is 66.7 Å². The van der Waals surface area contributed by atoms with Crippen molar-refractivity contribution in [2.75, 3.05) is 0 Å². The minimum absolute atomic E-state index is 0.783. The molecular weight excluding hydrogens is 252 g/mol. The standard InChI is InChI=1S/C21H16/c1-2-5-17-13-20-18(12-16(17)4-1)11-10-15-6-3-7-19(21(15)20)14-8-9-14/h1-7,10-14H,8-9H2. The van der Waals surface area contributed by atoms with E-state index in [9.17, 15) is 0 Å². The van der Waals surface area contributed by atoms with E-state index >= 15 is 0 Å². The minimum Gasteiger partial charge on any atom is -0.0616 e. The van der Waals surface area contributed by atoms with Gasteiger partial charge >= 0.3 is 0 Å². The summed E-state index contributed by atoms with van der Waals surface area (Å²) in [5, 5.41) is 8.28. The number of fused-ring (bicyclic) bond motifs is 4. The molecule has 100 valence electrons. The number of rotatable bonds is 1. The van der Waals surface area contributed by atoms with Crippen molar-refractivity contribution in [1.82, 2.24) is 0 Å². The van der Waals surface area contributed by atoms with Gasteiger partial charge in [0.15, 0.2) is 0 Å². The molecule has 0 saturated heterocycles. The average Bonchev–Trinajstić information content (AvgIpc) is 3.37. The molecule has 0 unspecified atom stereocenters. The maximum Gasteiger partial charge on any atom is -0.00703 e. The topological polar surface area (TPSA) is 0 Å². The molecule has 0 N–H and O–H groups in total. The van der Waals surface area contributed by atoms with Gasteiger partial charge in [-0.05, 0) is 68.8 Å². The third kappa shape index (κ3) is 1.69. The monoisotopic (exact) mass is 268 g/mol. The SMILES string of the molecule is c1ccc2cc3c(ccc4cccc(C5CC5)c43)cc2c1. The molecule has 0 amide bonds. The lowest BCUT2D eigenvalue weighted by molar-refractivity contribution is 1.15. The Morgan fingerprint density at radius 2 is 1.33 bits per heavy atom. The first-order valence-corrected chi connectivity index (χ1v) is 7.74. The van der Waals surface area contributed by atoms with Gasteiger partial charge in [-0.25, -0.2) is 0 Å². The highest BCUT2D eigenvalue weighted by molar-refractivity contribution is 6.13. The van der Waals surface area contributed by atoms with Crippen molar-refractivity contribution >= 4 is 32.3 Å². The number of hydrogen-bond donors (Lipinski definition) is 0. The van der Waals surface area contributed by atoms with Gasteiger partial charge < -0.3 is 0 Å². The second-order valence-corrected chi connectivity index (χ2v) is 6.21. The first kappa shape index (κ1) is 11.3. The van der Waals surface area contributed by atoms with Crippen molar-refractivity contribution in [3.63, 3.8) is 0 Å². The van der Waals surface area contributed by atoms with Crippen molar-refractivity contribution in [1.29, 1.82) is 0 Å². The molecule has 0 nitrogen and oxygen atoms in total. The predicted molar refractivity (Wildman–Crippen MR) is 90.9 cm³/mol. The Kier molecular flexibility index (Phi) is 2.20. The van der Waals surface area contributed by atoms with E-state index in [1.54, 1.807) is 5.56 Å². The normalized spacial score (nSPS) is 15.0. The lowest BCUT2D eigenvalue weighted by Gasteiger charge is -2.10. The molecule has 0 bridgehead atoms. The van der Waals surface area contributed by atoms with E-state index in [1.165, 1.54) is 45.2 Å². The summed E-state index contributed by atoms with van der Waals surface area (Å²) in [5.74, 6) is 0.783. The molecule has 4 aromatic rings. The highest BCUT2D eigenvalue weighted by Crippen LogP contribution is 2.45. The minimum atomic E-state index is 0.783. The Hall–Kier alpha value is -2.34. The second kappa shape index (κ2) is 4.08. The van der Waals surface area contributed by atoms with Gasteiger partial charge in [0.05, 0.1) is 0 Å². The maximum absolute atomic E-state index is 2.37. The van der Waals surface area contributed by atoms with E-state index in [1.807, 2.05) is 0 Å². The second-order valence-electron chi connectivity index (χ2n) is 6.21. The molecule has 0 spiro atoms. The van der Waals surface area contributed by atoms with Gasteiger partial charge in [0.1, 0.15) is 0 Å². The van der Waals surface area contributed by atoms with E-state index in [-0.39, 0.29) is 0 Å². The fourth-order valence-electron chi connectivity index (χ4n) is 3.57. The Labute approximate surface area is 124 Å². The number of benzene rings is 4. The molecule has 0 atom stereocenters. The average molecular weight is 268 g/mol. The molecule has 21 heavy (non-hydrogen) atoms. The van der Waals surface area contributed by atoms with E-state index < -0.39 is 0 Å². The molecule has 0 heteroatoms. The van der Waals surface area contributed by atoms with Gasteiger partial charge in [-0.2, -0.15) is 0 Å². The first-order valence-electron chi connectivity index (χ1n) is 7.74. The Morgan fingerprint density at radius 3 is 2.14 bits per heavy atom. The smallest absolute Gasteiger partial charge is 0.00703 e. The van der Waals surface area contributed by atoms with Gasteiger partial charge in [-0.3, -0.25) is 0 Å². The zero-order valence-electron chi connectivity index (χ0n) is 11.8. The molecule has 0 aliphatic heterocycles. The lowest BCUT2D eigenvalue weighted by Crippen LogP contribution is -1.86. The van der Waals surface area contributed by atoms with Gasteiger partial charge in [0.25, 0.3) is 0 Å². The maximum atomic E-state index is 2.37. The Balaban J connectivity index is 2.00. The van der Waals surface area contributed by atoms with Crippen LogP contribution < -0.4 is 0 Å². The fourth-order valence-corrected chi connectivity index (χ4v) is 3.57. The summed E-state index contributed by atoms with van der Waals surface area (Å²) in [5.41, 5.74) is 1.55. The Morgan fingerprint density at radius 1 is 0.619 bits per heavy atom. The van der Waals surface area contributed by atoms with Crippen LogP contribution in [0.3, 0.4) is 0 Å². The van der Waals surface area contributed by atoms with Crippen LogP contribution in [-0.4, -0.2) is 0 Å². The van der Waals surface area contributed by atoms with Crippen LogP contribution in [0, 0.1) is 0 Å². The molecule has 1 fully saturated rings. The lowest BCUT2D eigenvalue weighted by atomic mass is 9.93. The highest BCUT2D eigenvalue weighted by Gasteiger charge is 2.25. The van der Waals surface area contributed by atoms with Gasteiger partial charge in [0.2, 0.25) is 0 Å². The van der Waals surface area contributed by atoms with Crippen LogP contribution in [0.2, 0.25) is 0 Å². The van der Waals surface area contributed by atoms with Crippen LogP contribution in [0.15, 0.2) is 66.7 Å². The summed E-state index contributed by atoms with van der Waals surface area (Å²) in [6.45, 7) is 0. The fraction of sp³-hybridized carbons (Fsp3) is 0.143. The van der Waals surface area contributed by atoms with Crippen molar-refractivity contribution in [3.8, 4) is 0 Å². The molecule has 0 radical (unpaired) electrons. The molecule has 0 aromatic heterocycles. The molecule has 1 saturated carbocycles. The van der Waals surface area contributed by atoms with E-state index in [0.29, 0.717) is 0 Å². The largest absolute Gasteiger partial charge is 0.0616 e. The van der Waals surface area contributed by atoms with Gasteiger partial charge in [0, 0.05) is 0 Å². The summed E-state index contributed by atoms with van der Waals surface area (Å²) in [7, 11) is 0. The van der Waals surface area contributed by atoms with Crippen molar-refractivity contribution in [2.45, 2.75) is 18.8 Å². The molecule has 5 rings (SSSR count). The zero-order valence-corrected chi connectivity index (χ0v) is 11.8. The molecule has 0 heterocycles. The first-order chi connectivity index (χ1) is 10.4. The van der Waals surface area contributed by atoms with Crippen LogP contribution in [0.25, 0.3) is 32.3 Å². The summed E-state index contributed by atoms with van der Waals surface area (Å²) < 4.78 is 0. The van der Waals surface area contributed by atoms with Crippen LogP contribution in [-0.2, 0) is 0 Å². The van der Waals surface area contributed by atoms with Crippen LogP contribution in [0.1, 0.15) is 24.3 Å². The van der Waals surface area contributed by atoms with E-state index in [0.717, 1.165) is 5.92 Å². The van der Waals surface area contributed by atoms with Crippen LogP contribution in [0.5, 0.6) is 0 Å². The van der Waals surface area contributed by atoms with E-state index in [4.69, 9.17) is 0 Å². The van der Waals surface area contributed by atoms with Crippen LogP contribution >= 0.6 is 0 Å². The van der Waals surface area contributed by atoms with Gasteiger partial charge in [-0.15, -0.1) is 0 Å². The summed E-state index contributed by atoms with van der Waals surface area (Å²) in [6, 6.07) is 24.7. The Bertz CT molecular complexity index is 991. The van der Waals surface area contributed by atoms with Crippen molar-refractivity contribution in [3.05, 3.63) is 72.3 Å². The molecule has 1 aliphatic rings. The third-order valence-electron chi connectivity index (χ3n) is 4.78. The molecule has 4 aromatic carbocycles. The van der Waals surface area contributed by atoms with Crippen molar-refractivity contribution < 1.29 is 0 Å². The number of hydrogen-bond acceptors (Lipinski definition) is 0. The summed E-state index contributed by atoms with van der Waals surface area (Å²) >= 11 is 0. The highest BCUT2D eigenvalue weighted by atomic mass is 14.3. The summed E-state index contributed by atoms with van der Waals surface area (Å²) in [6.07, 6.45) is 2.70. The third-order valence-corrected chi connectivity index (χ3v) is 4.78. The zero-order chi connectivity index (χ0) is 13.8. The summed E-state index contributed by atoms with van der Waals surface area (Å²) in [4.78, 5) is 0.